The van der Waals surface area contributed by atoms with Gasteiger partial charge in [0.2, 0.25) is 0 Å². The maximum Gasteiger partial charge on any atom is 0.317 e. The number of piperazine rings is 1. The number of aromatic nitrogens is 1. The van der Waals surface area contributed by atoms with Gasteiger partial charge in [-0.2, -0.15) is 0 Å². The minimum atomic E-state index is -0.747. The van der Waals surface area contributed by atoms with Crippen molar-refractivity contribution in [1.29, 1.82) is 0 Å². The van der Waals surface area contributed by atoms with Crippen LogP contribution in [-0.4, -0.2) is 58.6 Å². The van der Waals surface area contributed by atoms with Crippen LogP contribution < -0.4 is 0 Å². The molecule has 1 N–H and O–H groups in total. The third-order valence-electron chi connectivity index (χ3n) is 3.48. The van der Waals surface area contributed by atoms with Crippen LogP contribution in [0.1, 0.15) is 18.5 Å². The van der Waals surface area contributed by atoms with Crippen LogP contribution in [0.5, 0.6) is 0 Å². The van der Waals surface area contributed by atoms with E-state index in [1.807, 2.05) is 17.2 Å². The van der Waals surface area contributed by atoms with Gasteiger partial charge in [-0.05, 0) is 18.6 Å². The molecule has 0 saturated carbocycles. The number of carbonyl (C=O) groups is 1. The first kappa shape index (κ1) is 13.0. The summed E-state index contributed by atoms with van der Waals surface area (Å²) < 4.78 is 0. The Kier molecular flexibility index (Phi) is 4.28. The summed E-state index contributed by atoms with van der Waals surface area (Å²) in [6.07, 6.45) is 3.68. The number of aliphatic carboxylic acids is 1. The van der Waals surface area contributed by atoms with E-state index >= 15 is 0 Å². The average Bonchev–Trinajstić information content (AvgIpc) is 2.39. The molecule has 18 heavy (non-hydrogen) atoms. The van der Waals surface area contributed by atoms with Gasteiger partial charge in [-0.15, -0.1) is 0 Å². The van der Waals surface area contributed by atoms with E-state index in [-0.39, 0.29) is 6.54 Å². The number of pyridine rings is 1. The van der Waals surface area contributed by atoms with Gasteiger partial charge in [-0.25, -0.2) is 0 Å². The predicted octanol–water partition coefficient (Wildman–Crippen LogP) is 0.845. The average molecular weight is 249 g/mol. The highest BCUT2D eigenvalue weighted by Gasteiger charge is 2.22. The Labute approximate surface area is 107 Å². The van der Waals surface area contributed by atoms with Gasteiger partial charge in [0.25, 0.3) is 0 Å². The summed E-state index contributed by atoms with van der Waals surface area (Å²) >= 11 is 0. The van der Waals surface area contributed by atoms with Crippen molar-refractivity contribution in [2.75, 3.05) is 32.7 Å². The highest BCUT2D eigenvalue weighted by Crippen LogP contribution is 2.20. The molecule has 1 aromatic rings. The van der Waals surface area contributed by atoms with Gasteiger partial charge in [0.05, 0.1) is 6.54 Å². The van der Waals surface area contributed by atoms with E-state index in [4.69, 9.17) is 5.11 Å². The highest BCUT2D eigenvalue weighted by molar-refractivity contribution is 5.69. The maximum atomic E-state index is 10.6. The largest absolute Gasteiger partial charge is 0.480 e. The molecule has 5 heteroatoms. The fourth-order valence-corrected chi connectivity index (χ4v) is 2.33. The minimum Gasteiger partial charge on any atom is -0.480 e. The minimum absolute atomic E-state index is 0.148. The lowest BCUT2D eigenvalue weighted by atomic mass is 10.1. The number of hydrogen-bond acceptors (Lipinski definition) is 4. The second-order valence-electron chi connectivity index (χ2n) is 4.67. The summed E-state index contributed by atoms with van der Waals surface area (Å²) in [4.78, 5) is 19.1. The number of rotatable bonds is 4. The highest BCUT2D eigenvalue weighted by atomic mass is 16.4. The molecule has 1 aliphatic rings. The van der Waals surface area contributed by atoms with Crippen molar-refractivity contribution in [2.24, 2.45) is 0 Å². The van der Waals surface area contributed by atoms with Crippen molar-refractivity contribution in [3.63, 3.8) is 0 Å². The fourth-order valence-electron chi connectivity index (χ4n) is 2.33. The molecule has 0 bridgehead atoms. The van der Waals surface area contributed by atoms with Crippen molar-refractivity contribution < 1.29 is 9.90 Å². The maximum absolute atomic E-state index is 10.6. The van der Waals surface area contributed by atoms with E-state index in [1.54, 1.807) is 6.20 Å². The van der Waals surface area contributed by atoms with E-state index in [1.165, 1.54) is 5.56 Å². The molecule has 1 unspecified atom stereocenters. The van der Waals surface area contributed by atoms with Gasteiger partial charge < -0.3 is 5.11 Å². The second kappa shape index (κ2) is 5.93. The summed E-state index contributed by atoms with van der Waals surface area (Å²) in [5, 5.41) is 8.76. The molecule has 2 rings (SSSR count). The Balaban J connectivity index is 1.88. The van der Waals surface area contributed by atoms with Crippen molar-refractivity contribution in [1.82, 2.24) is 14.8 Å². The summed E-state index contributed by atoms with van der Waals surface area (Å²) in [6.45, 7) is 5.76. The topological polar surface area (TPSA) is 56.7 Å². The standard InChI is InChI=1S/C13H19N3O2/c1-11(12-3-2-4-14-9-12)16-7-5-15(6-8-16)10-13(17)18/h2-4,9,11H,5-8,10H2,1H3,(H,17,18). The van der Waals surface area contributed by atoms with E-state index < -0.39 is 5.97 Å². The number of hydrogen-bond donors (Lipinski definition) is 1. The lowest BCUT2D eigenvalue weighted by Crippen LogP contribution is -2.48. The molecule has 0 amide bonds. The Morgan fingerprint density at radius 3 is 2.72 bits per heavy atom. The van der Waals surface area contributed by atoms with Crippen molar-refractivity contribution in [3.8, 4) is 0 Å². The molecule has 1 aliphatic heterocycles. The second-order valence-corrected chi connectivity index (χ2v) is 4.67. The summed E-state index contributed by atoms with van der Waals surface area (Å²) in [7, 11) is 0. The molecule has 0 radical (unpaired) electrons. The zero-order chi connectivity index (χ0) is 13.0. The van der Waals surface area contributed by atoms with Crippen LogP contribution in [0, 0.1) is 0 Å². The molecular weight excluding hydrogens is 230 g/mol. The molecule has 0 aliphatic carbocycles. The van der Waals surface area contributed by atoms with Crippen LogP contribution in [0.25, 0.3) is 0 Å². The lowest BCUT2D eigenvalue weighted by molar-refractivity contribution is -0.138. The zero-order valence-electron chi connectivity index (χ0n) is 10.6. The van der Waals surface area contributed by atoms with E-state index in [0.717, 1.165) is 26.2 Å². The molecule has 5 nitrogen and oxygen atoms in total. The molecular formula is C13H19N3O2. The van der Waals surface area contributed by atoms with E-state index in [9.17, 15) is 4.79 Å². The lowest BCUT2D eigenvalue weighted by Gasteiger charge is -2.37. The fraction of sp³-hybridized carbons (Fsp3) is 0.538. The first-order valence-electron chi connectivity index (χ1n) is 6.25. The van der Waals surface area contributed by atoms with Crippen LogP contribution in [0.4, 0.5) is 0 Å². The Morgan fingerprint density at radius 1 is 1.44 bits per heavy atom. The van der Waals surface area contributed by atoms with Crippen LogP contribution in [0.3, 0.4) is 0 Å². The smallest absolute Gasteiger partial charge is 0.317 e. The van der Waals surface area contributed by atoms with E-state index in [2.05, 4.69) is 22.9 Å². The molecule has 0 spiro atoms. The SMILES string of the molecule is CC(c1cccnc1)N1CCN(CC(=O)O)CC1. The predicted molar refractivity (Wildman–Crippen MR) is 68.3 cm³/mol. The molecule has 0 aromatic carbocycles. The van der Waals surface area contributed by atoms with Crippen LogP contribution >= 0.6 is 0 Å². The molecule has 1 atom stereocenters. The van der Waals surface area contributed by atoms with Gasteiger partial charge in [-0.1, -0.05) is 6.07 Å². The third kappa shape index (κ3) is 3.27. The van der Waals surface area contributed by atoms with Gasteiger partial charge in [0.1, 0.15) is 0 Å². The number of carboxylic acid groups (broad SMARTS) is 1. The third-order valence-corrected chi connectivity index (χ3v) is 3.48. The molecule has 98 valence electrons. The monoisotopic (exact) mass is 249 g/mol. The Hall–Kier alpha value is -1.46. The van der Waals surface area contributed by atoms with Crippen LogP contribution in [0.2, 0.25) is 0 Å². The molecule has 2 heterocycles. The zero-order valence-corrected chi connectivity index (χ0v) is 10.6. The van der Waals surface area contributed by atoms with Gasteiger partial charge in [-0.3, -0.25) is 19.6 Å². The first-order chi connectivity index (χ1) is 8.66. The molecule has 1 fully saturated rings. The summed E-state index contributed by atoms with van der Waals surface area (Å²) in [5.74, 6) is -0.747. The van der Waals surface area contributed by atoms with Crippen LogP contribution in [-0.2, 0) is 4.79 Å². The Bertz CT molecular complexity index is 388. The molecule has 1 saturated heterocycles. The van der Waals surface area contributed by atoms with Gasteiger partial charge >= 0.3 is 5.97 Å². The van der Waals surface area contributed by atoms with Gasteiger partial charge in [0.15, 0.2) is 0 Å². The normalized spacial score (nSPS) is 19.6. The van der Waals surface area contributed by atoms with Crippen molar-refractivity contribution in [2.45, 2.75) is 13.0 Å². The van der Waals surface area contributed by atoms with Crippen LogP contribution in [0.15, 0.2) is 24.5 Å². The first-order valence-corrected chi connectivity index (χ1v) is 6.25. The Morgan fingerprint density at radius 2 is 2.17 bits per heavy atom. The van der Waals surface area contributed by atoms with E-state index in [0.29, 0.717) is 6.04 Å². The quantitative estimate of drug-likeness (QED) is 0.857. The number of nitrogens with zero attached hydrogens (tertiary/aromatic N) is 3. The number of carboxylic acids is 1. The summed E-state index contributed by atoms with van der Waals surface area (Å²) in [5.41, 5.74) is 1.21. The summed E-state index contributed by atoms with van der Waals surface area (Å²) in [6, 6.07) is 4.37. The van der Waals surface area contributed by atoms with Gasteiger partial charge in [0, 0.05) is 44.6 Å². The molecule has 1 aromatic heterocycles. The van der Waals surface area contributed by atoms with Crippen molar-refractivity contribution in [3.05, 3.63) is 30.1 Å². The van der Waals surface area contributed by atoms with Crippen molar-refractivity contribution >= 4 is 5.97 Å².